The molecule has 0 aliphatic rings. The first-order valence-electron chi connectivity index (χ1n) is 6.93. The van der Waals surface area contributed by atoms with Crippen LogP contribution >= 0.6 is 0 Å². The van der Waals surface area contributed by atoms with Gasteiger partial charge in [-0.1, -0.05) is 26.7 Å². The molecule has 0 atom stereocenters. The summed E-state index contributed by atoms with van der Waals surface area (Å²) >= 11 is 0. The van der Waals surface area contributed by atoms with E-state index < -0.39 is 0 Å². The molecule has 0 saturated carbocycles. The van der Waals surface area contributed by atoms with E-state index in [1.54, 1.807) is 0 Å². The molecule has 0 aliphatic heterocycles. The molecule has 1 amide bonds. The zero-order valence-electron chi connectivity index (χ0n) is 12.3. The summed E-state index contributed by atoms with van der Waals surface area (Å²) in [5, 5.41) is 3.26. The first-order valence-corrected chi connectivity index (χ1v) is 6.93. The molecule has 3 nitrogen and oxygen atoms in total. The van der Waals surface area contributed by atoms with Gasteiger partial charge in [-0.25, -0.2) is 0 Å². The summed E-state index contributed by atoms with van der Waals surface area (Å²) in [4.78, 5) is 14.1. The maximum absolute atomic E-state index is 12.1. The second-order valence-electron chi connectivity index (χ2n) is 5.69. The van der Waals surface area contributed by atoms with Gasteiger partial charge in [0.05, 0.1) is 6.54 Å². The fourth-order valence-corrected chi connectivity index (χ4v) is 1.51. The predicted molar refractivity (Wildman–Crippen MR) is 74.2 cm³/mol. The fourth-order valence-electron chi connectivity index (χ4n) is 1.51. The summed E-state index contributed by atoms with van der Waals surface area (Å²) in [5.41, 5.74) is 0.0108. The molecule has 17 heavy (non-hydrogen) atoms. The minimum atomic E-state index is 0.0108. The number of rotatable bonds is 8. The van der Waals surface area contributed by atoms with Crippen LogP contribution in [0.3, 0.4) is 0 Å². The molecular formula is C14H30N2O. The average molecular weight is 242 g/mol. The van der Waals surface area contributed by atoms with Gasteiger partial charge in [-0.15, -0.1) is 0 Å². The maximum atomic E-state index is 12.1. The molecule has 0 bridgehead atoms. The van der Waals surface area contributed by atoms with Crippen LogP contribution in [-0.2, 0) is 4.79 Å². The van der Waals surface area contributed by atoms with E-state index in [0.29, 0.717) is 6.54 Å². The van der Waals surface area contributed by atoms with Gasteiger partial charge in [0, 0.05) is 18.6 Å². The first kappa shape index (κ1) is 16.4. The van der Waals surface area contributed by atoms with Gasteiger partial charge in [-0.05, 0) is 33.6 Å². The van der Waals surface area contributed by atoms with Crippen LogP contribution in [0.2, 0.25) is 0 Å². The molecule has 0 aromatic carbocycles. The van der Waals surface area contributed by atoms with Crippen LogP contribution in [0.1, 0.15) is 60.3 Å². The SMILES string of the molecule is CCCCN(CCCC)C(=O)CNC(C)(C)C. The number of hydrogen-bond acceptors (Lipinski definition) is 2. The Morgan fingerprint density at radius 1 is 1.06 bits per heavy atom. The second kappa shape index (κ2) is 8.51. The Bertz CT molecular complexity index is 201. The smallest absolute Gasteiger partial charge is 0.236 e. The van der Waals surface area contributed by atoms with Crippen LogP contribution in [0.25, 0.3) is 0 Å². The Balaban J connectivity index is 4.11. The maximum Gasteiger partial charge on any atom is 0.236 e. The predicted octanol–water partition coefficient (Wildman–Crippen LogP) is 2.80. The highest BCUT2D eigenvalue weighted by Gasteiger charge is 2.15. The number of carbonyl (C=O) groups is 1. The van der Waals surface area contributed by atoms with Gasteiger partial charge in [0.25, 0.3) is 0 Å². The third-order valence-corrected chi connectivity index (χ3v) is 2.69. The molecule has 0 heterocycles. The van der Waals surface area contributed by atoms with Crippen LogP contribution in [0.15, 0.2) is 0 Å². The lowest BCUT2D eigenvalue weighted by Gasteiger charge is -2.26. The van der Waals surface area contributed by atoms with E-state index >= 15 is 0 Å². The van der Waals surface area contributed by atoms with Gasteiger partial charge in [-0.3, -0.25) is 4.79 Å². The highest BCUT2D eigenvalue weighted by Crippen LogP contribution is 2.02. The van der Waals surface area contributed by atoms with E-state index in [1.807, 2.05) is 4.90 Å². The number of unbranched alkanes of at least 4 members (excludes halogenated alkanes) is 2. The summed E-state index contributed by atoms with van der Waals surface area (Å²) in [6, 6.07) is 0. The Labute approximate surface area is 107 Å². The van der Waals surface area contributed by atoms with Crippen molar-refractivity contribution in [3.8, 4) is 0 Å². The molecule has 0 saturated heterocycles. The van der Waals surface area contributed by atoms with E-state index in [0.717, 1.165) is 38.8 Å². The van der Waals surface area contributed by atoms with Crippen molar-refractivity contribution in [3.05, 3.63) is 0 Å². The van der Waals surface area contributed by atoms with Crippen LogP contribution in [-0.4, -0.2) is 36.0 Å². The Hall–Kier alpha value is -0.570. The van der Waals surface area contributed by atoms with Gasteiger partial charge in [0.15, 0.2) is 0 Å². The van der Waals surface area contributed by atoms with Crippen molar-refractivity contribution < 1.29 is 4.79 Å². The van der Waals surface area contributed by atoms with Crippen molar-refractivity contribution in [1.82, 2.24) is 10.2 Å². The lowest BCUT2D eigenvalue weighted by atomic mass is 10.1. The number of amides is 1. The zero-order valence-corrected chi connectivity index (χ0v) is 12.3. The monoisotopic (exact) mass is 242 g/mol. The lowest BCUT2D eigenvalue weighted by Crippen LogP contribution is -2.45. The highest BCUT2D eigenvalue weighted by atomic mass is 16.2. The number of carbonyl (C=O) groups excluding carboxylic acids is 1. The van der Waals surface area contributed by atoms with Gasteiger partial charge in [-0.2, -0.15) is 0 Å². The van der Waals surface area contributed by atoms with Gasteiger partial charge in [0.1, 0.15) is 0 Å². The molecular weight excluding hydrogens is 212 g/mol. The molecule has 0 radical (unpaired) electrons. The number of nitrogens with zero attached hydrogens (tertiary/aromatic N) is 1. The van der Waals surface area contributed by atoms with E-state index in [2.05, 4.69) is 39.9 Å². The van der Waals surface area contributed by atoms with Crippen LogP contribution < -0.4 is 5.32 Å². The Morgan fingerprint density at radius 2 is 1.53 bits per heavy atom. The Kier molecular flexibility index (Phi) is 8.23. The highest BCUT2D eigenvalue weighted by molar-refractivity contribution is 5.78. The van der Waals surface area contributed by atoms with Gasteiger partial charge < -0.3 is 10.2 Å². The van der Waals surface area contributed by atoms with Crippen molar-refractivity contribution in [2.45, 2.75) is 65.8 Å². The molecule has 3 heteroatoms. The molecule has 0 unspecified atom stereocenters. The van der Waals surface area contributed by atoms with Crippen LogP contribution in [0, 0.1) is 0 Å². The largest absolute Gasteiger partial charge is 0.342 e. The molecule has 0 aromatic heterocycles. The van der Waals surface area contributed by atoms with E-state index in [-0.39, 0.29) is 11.4 Å². The van der Waals surface area contributed by atoms with Crippen LogP contribution in [0.5, 0.6) is 0 Å². The fraction of sp³-hybridized carbons (Fsp3) is 0.929. The van der Waals surface area contributed by atoms with Crippen LogP contribution in [0.4, 0.5) is 0 Å². The summed E-state index contributed by atoms with van der Waals surface area (Å²) in [6.45, 7) is 12.8. The second-order valence-corrected chi connectivity index (χ2v) is 5.69. The Morgan fingerprint density at radius 3 is 1.88 bits per heavy atom. The normalized spacial score (nSPS) is 11.6. The lowest BCUT2D eigenvalue weighted by molar-refractivity contribution is -0.130. The standard InChI is InChI=1S/C14H30N2O/c1-6-8-10-16(11-9-7-2)13(17)12-15-14(3,4)5/h15H,6-12H2,1-5H3. The minimum absolute atomic E-state index is 0.0108. The molecule has 0 spiro atoms. The molecule has 0 fully saturated rings. The van der Waals surface area contributed by atoms with Crippen molar-refractivity contribution in [2.75, 3.05) is 19.6 Å². The van der Waals surface area contributed by atoms with E-state index in [1.165, 1.54) is 0 Å². The average Bonchev–Trinajstić information content (AvgIpc) is 2.25. The van der Waals surface area contributed by atoms with E-state index in [4.69, 9.17) is 0 Å². The number of nitrogens with one attached hydrogen (secondary N) is 1. The topological polar surface area (TPSA) is 32.3 Å². The van der Waals surface area contributed by atoms with Crippen molar-refractivity contribution in [3.63, 3.8) is 0 Å². The summed E-state index contributed by atoms with van der Waals surface area (Å²) in [7, 11) is 0. The molecule has 0 aliphatic carbocycles. The van der Waals surface area contributed by atoms with Crippen molar-refractivity contribution in [1.29, 1.82) is 0 Å². The first-order chi connectivity index (χ1) is 7.90. The molecule has 1 N–H and O–H groups in total. The summed E-state index contributed by atoms with van der Waals surface area (Å²) in [5.74, 6) is 0.238. The molecule has 0 aromatic rings. The quantitative estimate of drug-likeness (QED) is 0.710. The summed E-state index contributed by atoms with van der Waals surface area (Å²) < 4.78 is 0. The van der Waals surface area contributed by atoms with Gasteiger partial charge in [0.2, 0.25) is 5.91 Å². The van der Waals surface area contributed by atoms with Crippen molar-refractivity contribution in [2.24, 2.45) is 0 Å². The third kappa shape index (κ3) is 9.16. The molecule has 0 rings (SSSR count). The summed E-state index contributed by atoms with van der Waals surface area (Å²) in [6.07, 6.45) is 4.49. The van der Waals surface area contributed by atoms with Crippen molar-refractivity contribution >= 4 is 5.91 Å². The third-order valence-electron chi connectivity index (χ3n) is 2.69. The minimum Gasteiger partial charge on any atom is -0.342 e. The van der Waals surface area contributed by atoms with E-state index in [9.17, 15) is 4.79 Å². The number of hydrogen-bond donors (Lipinski definition) is 1. The molecule has 102 valence electrons. The zero-order chi connectivity index (χ0) is 13.3. The van der Waals surface area contributed by atoms with Gasteiger partial charge >= 0.3 is 0 Å².